The quantitative estimate of drug-likeness (QED) is 0.0222. The Morgan fingerprint density at radius 3 is 0.807 bits per heavy atom. The Bertz CT molecular complexity index is 1750. The third-order valence-electron chi connectivity index (χ3n) is 16.2. The minimum Gasteiger partial charge on any atom is -0.462 e. The topological polar surface area (TPSA) is 237 Å². The predicted octanol–water partition coefficient (Wildman–Crippen LogP) is 19.3. The molecule has 0 fully saturated rings. The summed E-state index contributed by atoms with van der Waals surface area (Å²) >= 11 is 0. The number of ether oxygens (including phenoxy) is 4. The van der Waals surface area contributed by atoms with E-state index in [-0.39, 0.29) is 25.7 Å². The predicted molar refractivity (Wildman–Crippen MR) is 354 cm³/mol. The van der Waals surface area contributed by atoms with Crippen molar-refractivity contribution in [3.05, 3.63) is 0 Å². The van der Waals surface area contributed by atoms with Gasteiger partial charge in [-0.25, -0.2) is 9.13 Å². The SMILES string of the molecule is CCC(C)CCCCCCCCC(=O)OC[C@H](COP(=O)(O)OCC(O)COP(=O)(O)OC[C@@H](COC(=O)CCCCCCCCC(C)C)OC(=O)CCCCCCCCCCCCCCCCCCC(C)C)OC(=O)CCCCCCCCCC(C)C. The maximum absolute atomic E-state index is 13.0. The number of aliphatic hydroxyl groups excluding tert-OH is 1. The maximum atomic E-state index is 13.0. The van der Waals surface area contributed by atoms with Crippen LogP contribution in [0.4, 0.5) is 0 Å². The maximum Gasteiger partial charge on any atom is 0.472 e. The molecule has 0 saturated heterocycles. The van der Waals surface area contributed by atoms with E-state index in [2.05, 4.69) is 55.4 Å². The fourth-order valence-electron chi connectivity index (χ4n) is 10.3. The standard InChI is InChI=1S/C69H134O17P2/c1-9-62(8)48-40-32-26-28-34-42-50-67(72)80-56-65(86-69(74)52-44-36-24-20-22-30-38-46-60(4)5)58-84-88(77,78)82-54-63(70)53-81-87(75,76)83-57-64(55-79-66(71)49-41-33-27-25-31-39-47-61(6)7)85-68(73)51-43-35-23-19-17-15-13-11-10-12-14-16-18-21-29-37-45-59(2)3/h59-65,70H,9-58H2,1-8H3,(H,75,76)(H,77,78)/t62?,63?,64-,65-/m1/s1. The number of hydrogen-bond acceptors (Lipinski definition) is 15. The summed E-state index contributed by atoms with van der Waals surface area (Å²) in [6.45, 7) is 14.0. The highest BCUT2D eigenvalue weighted by Crippen LogP contribution is 2.45. The largest absolute Gasteiger partial charge is 0.472 e. The first-order valence-corrected chi connectivity index (χ1v) is 38.7. The summed E-state index contributed by atoms with van der Waals surface area (Å²) in [5.74, 6) is 0.779. The van der Waals surface area contributed by atoms with Gasteiger partial charge in [-0.1, -0.05) is 287 Å². The van der Waals surface area contributed by atoms with Crippen LogP contribution in [0.5, 0.6) is 0 Å². The fourth-order valence-corrected chi connectivity index (χ4v) is 11.9. The van der Waals surface area contributed by atoms with Crippen LogP contribution in [-0.4, -0.2) is 96.7 Å². The van der Waals surface area contributed by atoms with E-state index in [1.165, 1.54) is 128 Å². The molecule has 0 aromatic carbocycles. The summed E-state index contributed by atoms with van der Waals surface area (Å²) in [6, 6.07) is 0. The lowest BCUT2D eigenvalue weighted by atomic mass is 10.00. The second-order valence-corrected chi connectivity index (χ2v) is 29.5. The van der Waals surface area contributed by atoms with Crippen molar-refractivity contribution in [1.82, 2.24) is 0 Å². The second kappa shape index (κ2) is 58.8. The van der Waals surface area contributed by atoms with Crippen LogP contribution in [0.3, 0.4) is 0 Å². The molecule has 0 spiro atoms. The number of hydrogen-bond donors (Lipinski definition) is 3. The van der Waals surface area contributed by atoms with Crippen LogP contribution in [-0.2, 0) is 65.4 Å². The zero-order valence-corrected chi connectivity index (χ0v) is 59.1. The van der Waals surface area contributed by atoms with Gasteiger partial charge in [0.05, 0.1) is 26.4 Å². The van der Waals surface area contributed by atoms with Gasteiger partial charge in [-0.2, -0.15) is 0 Å². The normalized spacial score (nSPS) is 14.6. The van der Waals surface area contributed by atoms with Crippen molar-refractivity contribution in [3.8, 4) is 0 Å². The molecule has 3 N–H and O–H groups in total. The van der Waals surface area contributed by atoms with E-state index in [9.17, 15) is 43.2 Å². The molecule has 0 heterocycles. The highest BCUT2D eigenvalue weighted by atomic mass is 31.2. The highest BCUT2D eigenvalue weighted by molar-refractivity contribution is 7.47. The third-order valence-corrected chi connectivity index (χ3v) is 18.1. The molecule has 0 aliphatic rings. The van der Waals surface area contributed by atoms with Gasteiger partial charge in [0, 0.05) is 25.7 Å². The molecule has 17 nitrogen and oxygen atoms in total. The molecule has 0 bridgehead atoms. The van der Waals surface area contributed by atoms with Crippen molar-refractivity contribution in [2.75, 3.05) is 39.6 Å². The van der Waals surface area contributed by atoms with Gasteiger partial charge in [-0.05, 0) is 49.4 Å². The Kier molecular flexibility index (Phi) is 57.6. The van der Waals surface area contributed by atoms with E-state index < -0.39 is 97.5 Å². The van der Waals surface area contributed by atoms with Gasteiger partial charge >= 0.3 is 39.5 Å². The van der Waals surface area contributed by atoms with Crippen LogP contribution < -0.4 is 0 Å². The van der Waals surface area contributed by atoms with Gasteiger partial charge in [0.1, 0.15) is 19.3 Å². The van der Waals surface area contributed by atoms with Crippen LogP contribution in [0.2, 0.25) is 0 Å². The minimum absolute atomic E-state index is 0.102. The third kappa shape index (κ3) is 61.6. The minimum atomic E-state index is -4.95. The number of carbonyl (C=O) groups excluding carboxylic acids is 4. The molecular formula is C69H134O17P2. The zero-order chi connectivity index (χ0) is 65.4. The van der Waals surface area contributed by atoms with E-state index in [0.717, 1.165) is 115 Å². The smallest absolute Gasteiger partial charge is 0.462 e. The average molecular weight is 1300 g/mol. The van der Waals surface area contributed by atoms with Crippen molar-refractivity contribution in [2.45, 2.75) is 356 Å². The molecule has 88 heavy (non-hydrogen) atoms. The van der Waals surface area contributed by atoms with Gasteiger partial charge < -0.3 is 33.8 Å². The Morgan fingerprint density at radius 1 is 0.318 bits per heavy atom. The first-order chi connectivity index (χ1) is 42.1. The molecule has 0 aromatic heterocycles. The van der Waals surface area contributed by atoms with Crippen molar-refractivity contribution in [1.29, 1.82) is 0 Å². The monoisotopic (exact) mass is 1300 g/mol. The number of esters is 4. The van der Waals surface area contributed by atoms with E-state index in [1.54, 1.807) is 0 Å². The number of phosphoric ester groups is 2. The van der Waals surface area contributed by atoms with Crippen LogP contribution in [0.15, 0.2) is 0 Å². The fraction of sp³-hybridized carbons (Fsp3) is 0.942. The average Bonchev–Trinajstić information content (AvgIpc) is 3.58. The molecule has 0 rings (SSSR count). The number of carbonyl (C=O) groups is 4. The molecule has 19 heteroatoms. The van der Waals surface area contributed by atoms with Gasteiger partial charge in [-0.3, -0.25) is 37.3 Å². The number of aliphatic hydroxyl groups is 1. The Hall–Kier alpha value is -1.94. The van der Waals surface area contributed by atoms with Crippen LogP contribution in [0, 0.1) is 23.7 Å². The number of unbranched alkanes of at least 4 members (excludes halogenated alkanes) is 31. The van der Waals surface area contributed by atoms with Gasteiger partial charge in [0.2, 0.25) is 0 Å². The van der Waals surface area contributed by atoms with Crippen molar-refractivity contribution >= 4 is 39.5 Å². The molecule has 4 unspecified atom stereocenters. The summed E-state index contributed by atoms with van der Waals surface area (Å²) in [5, 5.41) is 10.6. The Morgan fingerprint density at radius 2 is 0.545 bits per heavy atom. The van der Waals surface area contributed by atoms with Gasteiger partial charge in [0.15, 0.2) is 12.2 Å². The number of phosphoric acid groups is 2. The first kappa shape index (κ1) is 86.1. The van der Waals surface area contributed by atoms with Gasteiger partial charge in [-0.15, -0.1) is 0 Å². The molecule has 0 radical (unpaired) electrons. The van der Waals surface area contributed by atoms with E-state index in [1.807, 2.05) is 0 Å². The molecule has 0 amide bonds. The van der Waals surface area contributed by atoms with E-state index >= 15 is 0 Å². The second-order valence-electron chi connectivity index (χ2n) is 26.6. The molecular weight excluding hydrogens is 1160 g/mol. The molecule has 0 saturated carbocycles. The van der Waals surface area contributed by atoms with E-state index in [4.69, 9.17) is 37.0 Å². The molecule has 0 aromatic rings. The zero-order valence-electron chi connectivity index (χ0n) is 57.3. The summed E-state index contributed by atoms with van der Waals surface area (Å²) in [7, 11) is -9.90. The van der Waals surface area contributed by atoms with Crippen LogP contribution in [0.1, 0.15) is 338 Å². The van der Waals surface area contributed by atoms with Crippen LogP contribution >= 0.6 is 15.6 Å². The van der Waals surface area contributed by atoms with E-state index in [0.29, 0.717) is 37.5 Å². The van der Waals surface area contributed by atoms with Crippen molar-refractivity contribution in [3.63, 3.8) is 0 Å². The molecule has 522 valence electrons. The molecule has 6 atom stereocenters. The summed E-state index contributed by atoms with van der Waals surface area (Å²) in [4.78, 5) is 72.4. The summed E-state index contributed by atoms with van der Waals surface area (Å²) in [5.41, 5.74) is 0. The summed E-state index contributed by atoms with van der Waals surface area (Å²) in [6.07, 6.45) is 40.7. The number of rotatable bonds is 66. The molecule has 0 aliphatic carbocycles. The first-order valence-electron chi connectivity index (χ1n) is 35.7. The Balaban J connectivity index is 5.18. The van der Waals surface area contributed by atoms with Crippen molar-refractivity contribution < 1.29 is 80.2 Å². The highest BCUT2D eigenvalue weighted by Gasteiger charge is 2.30. The lowest BCUT2D eigenvalue weighted by molar-refractivity contribution is -0.161. The molecule has 0 aliphatic heterocycles. The lowest BCUT2D eigenvalue weighted by Gasteiger charge is -2.21. The van der Waals surface area contributed by atoms with Crippen LogP contribution in [0.25, 0.3) is 0 Å². The lowest BCUT2D eigenvalue weighted by Crippen LogP contribution is -2.30. The Labute approximate surface area is 537 Å². The van der Waals surface area contributed by atoms with Gasteiger partial charge in [0.25, 0.3) is 0 Å². The van der Waals surface area contributed by atoms with Crippen molar-refractivity contribution in [2.24, 2.45) is 23.7 Å². The summed E-state index contributed by atoms with van der Waals surface area (Å²) < 4.78 is 68.1.